The monoisotopic (exact) mass is 372 g/mol. The van der Waals surface area contributed by atoms with Gasteiger partial charge in [0.2, 0.25) is 5.91 Å². The van der Waals surface area contributed by atoms with Crippen LogP contribution in [0, 0.1) is 6.92 Å². The molecule has 3 rings (SSSR count). The maximum Gasteiger partial charge on any atom is 0.251 e. The molecular formula is C18H17BrN2O2. The lowest BCUT2D eigenvalue weighted by Crippen LogP contribution is -2.41. The molecule has 1 atom stereocenters. The molecule has 1 saturated heterocycles. The first-order valence-corrected chi connectivity index (χ1v) is 8.28. The average Bonchev–Trinajstić information content (AvgIpc) is 2.90. The van der Waals surface area contributed by atoms with Crippen LogP contribution in [0.1, 0.15) is 22.3 Å². The lowest BCUT2D eigenvalue weighted by Gasteiger charge is -2.17. The standard InChI is InChI=1S/C18H17BrN2O2/c1-12-2-8-15(9-3-12)21-11-10-16(18(21)23)20-17(22)13-4-6-14(19)7-5-13/h2-9,16H,10-11H2,1H3,(H,20,22). The fraction of sp³-hybridized carbons (Fsp3) is 0.222. The summed E-state index contributed by atoms with van der Waals surface area (Å²) in [6, 6.07) is 14.5. The Morgan fingerprint density at radius 3 is 2.43 bits per heavy atom. The number of benzene rings is 2. The molecule has 1 fully saturated rings. The molecule has 2 aromatic rings. The summed E-state index contributed by atoms with van der Waals surface area (Å²) >= 11 is 3.34. The number of hydrogen-bond donors (Lipinski definition) is 1. The van der Waals surface area contributed by atoms with Crippen molar-refractivity contribution >= 4 is 33.4 Å². The average molecular weight is 373 g/mol. The number of carbonyl (C=O) groups excluding carboxylic acids is 2. The molecule has 0 aliphatic carbocycles. The third-order valence-electron chi connectivity index (χ3n) is 3.96. The highest BCUT2D eigenvalue weighted by Crippen LogP contribution is 2.22. The van der Waals surface area contributed by atoms with Gasteiger partial charge < -0.3 is 10.2 Å². The molecule has 0 bridgehead atoms. The minimum absolute atomic E-state index is 0.0562. The molecule has 1 unspecified atom stereocenters. The number of anilines is 1. The van der Waals surface area contributed by atoms with Gasteiger partial charge in [0.1, 0.15) is 6.04 Å². The van der Waals surface area contributed by atoms with Crippen molar-refractivity contribution in [2.45, 2.75) is 19.4 Å². The fourth-order valence-electron chi connectivity index (χ4n) is 2.64. The van der Waals surface area contributed by atoms with Crippen molar-refractivity contribution in [3.05, 3.63) is 64.1 Å². The summed E-state index contributed by atoms with van der Waals surface area (Å²) in [6.45, 7) is 2.63. The number of rotatable bonds is 3. The highest BCUT2D eigenvalue weighted by Gasteiger charge is 2.33. The zero-order valence-electron chi connectivity index (χ0n) is 12.8. The van der Waals surface area contributed by atoms with Crippen molar-refractivity contribution in [2.75, 3.05) is 11.4 Å². The molecule has 118 valence electrons. The van der Waals surface area contributed by atoms with Crippen LogP contribution >= 0.6 is 15.9 Å². The van der Waals surface area contributed by atoms with Gasteiger partial charge in [-0.25, -0.2) is 0 Å². The maximum atomic E-state index is 12.5. The summed E-state index contributed by atoms with van der Waals surface area (Å²) in [5.41, 5.74) is 2.58. The molecule has 0 spiro atoms. The molecule has 23 heavy (non-hydrogen) atoms. The van der Waals surface area contributed by atoms with Crippen LogP contribution in [0.2, 0.25) is 0 Å². The Kier molecular flexibility index (Phi) is 4.48. The van der Waals surface area contributed by atoms with Crippen molar-refractivity contribution in [3.8, 4) is 0 Å². The van der Waals surface area contributed by atoms with Crippen LogP contribution in [0.4, 0.5) is 5.69 Å². The number of hydrogen-bond acceptors (Lipinski definition) is 2. The van der Waals surface area contributed by atoms with E-state index in [1.54, 1.807) is 17.0 Å². The Bertz CT molecular complexity index is 726. The van der Waals surface area contributed by atoms with Gasteiger partial charge in [0, 0.05) is 22.3 Å². The number of carbonyl (C=O) groups is 2. The first kappa shape index (κ1) is 15.7. The van der Waals surface area contributed by atoms with Gasteiger partial charge >= 0.3 is 0 Å². The van der Waals surface area contributed by atoms with Crippen LogP contribution < -0.4 is 10.2 Å². The Hall–Kier alpha value is -2.14. The van der Waals surface area contributed by atoms with E-state index in [2.05, 4.69) is 21.2 Å². The van der Waals surface area contributed by atoms with Crippen LogP contribution in [0.5, 0.6) is 0 Å². The summed E-state index contributed by atoms with van der Waals surface area (Å²) in [4.78, 5) is 26.5. The highest BCUT2D eigenvalue weighted by atomic mass is 79.9. The van der Waals surface area contributed by atoms with E-state index < -0.39 is 6.04 Å². The number of amides is 2. The molecule has 0 aromatic heterocycles. The van der Waals surface area contributed by atoms with Crippen LogP contribution in [0.15, 0.2) is 53.0 Å². The molecule has 1 N–H and O–H groups in total. The van der Waals surface area contributed by atoms with Crippen LogP contribution in [0.25, 0.3) is 0 Å². The fourth-order valence-corrected chi connectivity index (χ4v) is 2.90. The van der Waals surface area contributed by atoms with E-state index in [0.717, 1.165) is 15.7 Å². The SMILES string of the molecule is Cc1ccc(N2CCC(NC(=O)c3ccc(Br)cc3)C2=O)cc1. The third kappa shape index (κ3) is 3.45. The van der Waals surface area contributed by atoms with Crippen molar-refractivity contribution < 1.29 is 9.59 Å². The van der Waals surface area contributed by atoms with Gasteiger partial charge in [-0.15, -0.1) is 0 Å². The topological polar surface area (TPSA) is 49.4 Å². The van der Waals surface area contributed by atoms with Gasteiger partial charge in [-0.2, -0.15) is 0 Å². The third-order valence-corrected chi connectivity index (χ3v) is 4.49. The molecule has 2 amide bonds. The first-order valence-electron chi connectivity index (χ1n) is 7.49. The zero-order valence-corrected chi connectivity index (χ0v) is 14.3. The van der Waals surface area contributed by atoms with Gasteiger partial charge in [-0.3, -0.25) is 9.59 Å². The van der Waals surface area contributed by atoms with Gasteiger partial charge in [-0.05, 0) is 49.7 Å². The molecule has 0 radical (unpaired) electrons. The van der Waals surface area contributed by atoms with Gasteiger partial charge in [0.05, 0.1) is 0 Å². The van der Waals surface area contributed by atoms with E-state index in [0.29, 0.717) is 18.5 Å². The molecule has 1 aliphatic rings. The van der Waals surface area contributed by atoms with E-state index in [1.807, 2.05) is 43.3 Å². The lowest BCUT2D eigenvalue weighted by molar-refractivity contribution is -0.118. The van der Waals surface area contributed by atoms with Crippen molar-refractivity contribution in [2.24, 2.45) is 0 Å². The van der Waals surface area contributed by atoms with Gasteiger partial charge in [0.15, 0.2) is 0 Å². The molecule has 1 heterocycles. The minimum Gasteiger partial charge on any atom is -0.340 e. The Morgan fingerprint density at radius 1 is 1.13 bits per heavy atom. The molecule has 2 aromatic carbocycles. The van der Waals surface area contributed by atoms with Crippen LogP contribution in [0.3, 0.4) is 0 Å². The normalized spacial score (nSPS) is 17.4. The number of halogens is 1. The van der Waals surface area contributed by atoms with Crippen molar-refractivity contribution in [1.82, 2.24) is 5.32 Å². The molecule has 4 nitrogen and oxygen atoms in total. The quantitative estimate of drug-likeness (QED) is 0.898. The number of nitrogens with zero attached hydrogens (tertiary/aromatic N) is 1. The second-order valence-electron chi connectivity index (χ2n) is 5.65. The number of aryl methyl sites for hydroxylation is 1. The largest absolute Gasteiger partial charge is 0.340 e. The Morgan fingerprint density at radius 2 is 1.78 bits per heavy atom. The predicted molar refractivity (Wildman–Crippen MR) is 93.5 cm³/mol. The van der Waals surface area contributed by atoms with Crippen molar-refractivity contribution in [3.63, 3.8) is 0 Å². The van der Waals surface area contributed by atoms with E-state index in [1.165, 1.54) is 0 Å². The van der Waals surface area contributed by atoms with Gasteiger partial charge in [0.25, 0.3) is 5.91 Å². The molecule has 0 saturated carbocycles. The summed E-state index contributed by atoms with van der Waals surface area (Å²) in [5, 5.41) is 2.83. The smallest absolute Gasteiger partial charge is 0.251 e. The lowest BCUT2D eigenvalue weighted by atomic mass is 10.2. The van der Waals surface area contributed by atoms with Crippen molar-refractivity contribution in [1.29, 1.82) is 0 Å². The van der Waals surface area contributed by atoms with E-state index in [4.69, 9.17) is 0 Å². The number of nitrogens with one attached hydrogen (secondary N) is 1. The van der Waals surface area contributed by atoms with Crippen LogP contribution in [-0.2, 0) is 4.79 Å². The molecule has 1 aliphatic heterocycles. The zero-order chi connectivity index (χ0) is 16.4. The summed E-state index contributed by atoms with van der Waals surface area (Å²) in [7, 11) is 0. The second-order valence-corrected chi connectivity index (χ2v) is 6.56. The van der Waals surface area contributed by atoms with E-state index in [-0.39, 0.29) is 11.8 Å². The molecule has 5 heteroatoms. The minimum atomic E-state index is -0.465. The first-order chi connectivity index (χ1) is 11.0. The van der Waals surface area contributed by atoms with E-state index in [9.17, 15) is 9.59 Å². The Balaban J connectivity index is 1.68. The van der Waals surface area contributed by atoms with E-state index >= 15 is 0 Å². The second kappa shape index (κ2) is 6.54. The summed E-state index contributed by atoms with van der Waals surface area (Å²) in [5.74, 6) is -0.277. The maximum absolute atomic E-state index is 12.5. The predicted octanol–water partition coefficient (Wildman–Crippen LogP) is 3.29. The highest BCUT2D eigenvalue weighted by molar-refractivity contribution is 9.10. The summed E-state index contributed by atoms with van der Waals surface area (Å²) in [6.07, 6.45) is 0.620. The summed E-state index contributed by atoms with van der Waals surface area (Å²) < 4.78 is 0.913. The van der Waals surface area contributed by atoms with Crippen LogP contribution in [-0.4, -0.2) is 24.4 Å². The molecular weight excluding hydrogens is 356 g/mol. The Labute approximate surface area is 143 Å². The van der Waals surface area contributed by atoms with Gasteiger partial charge in [-0.1, -0.05) is 33.6 Å².